The lowest BCUT2D eigenvalue weighted by Crippen LogP contribution is -2.40. The molecule has 1 aliphatic rings. The third-order valence-corrected chi connectivity index (χ3v) is 2.86. The fourth-order valence-corrected chi connectivity index (χ4v) is 1.81. The number of rotatable bonds is 9. The number of nitrogens with zero attached hydrogens (tertiary/aromatic N) is 1. The van der Waals surface area contributed by atoms with Gasteiger partial charge in [-0.25, -0.2) is 4.79 Å². The molecule has 0 aromatic heterocycles. The smallest absolute Gasteiger partial charge is 0.326 e. The molecule has 0 saturated heterocycles. The molecule has 1 aliphatic heterocycles. The zero-order valence-electron chi connectivity index (χ0n) is 11.0. The topological polar surface area (TPSA) is 116 Å². The minimum absolute atomic E-state index is 0.0138. The maximum absolute atomic E-state index is 11.6. The number of aliphatic imine (C=N–C) groups is 1. The van der Waals surface area contributed by atoms with Gasteiger partial charge in [0, 0.05) is 38.1 Å². The Labute approximate surface area is 116 Å². The van der Waals surface area contributed by atoms with Gasteiger partial charge < -0.3 is 15.5 Å². The highest BCUT2D eigenvalue weighted by atomic mass is 16.4. The number of amides is 1. The second-order valence-electron chi connectivity index (χ2n) is 4.59. The van der Waals surface area contributed by atoms with E-state index in [9.17, 15) is 14.4 Å². The first kappa shape index (κ1) is 15.9. The summed E-state index contributed by atoms with van der Waals surface area (Å²) >= 11 is 0. The van der Waals surface area contributed by atoms with Crippen LogP contribution in [0.5, 0.6) is 0 Å². The van der Waals surface area contributed by atoms with Gasteiger partial charge in [0.1, 0.15) is 6.04 Å². The summed E-state index contributed by atoms with van der Waals surface area (Å²) in [5.41, 5.74) is 0.864. The van der Waals surface area contributed by atoms with Crippen molar-refractivity contribution in [2.75, 3.05) is 0 Å². The number of nitrogens with one attached hydrogen (secondary N) is 1. The van der Waals surface area contributed by atoms with Crippen LogP contribution < -0.4 is 5.32 Å². The van der Waals surface area contributed by atoms with Crippen LogP contribution in [0.2, 0.25) is 0 Å². The monoisotopic (exact) mass is 282 g/mol. The van der Waals surface area contributed by atoms with Gasteiger partial charge in [0.25, 0.3) is 0 Å². The van der Waals surface area contributed by atoms with Gasteiger partial charge in [-0.1, -0.05) is 0 Å². The fourth-order valence-electron chi connectivity index (χ4n) is 1.81. The molecule has 0 saturated carbocycles. The van der Waals surface area contributed by atoms with Crippen molar-refractivity contribution in [3.05, 3.63) is 11.8 Å². The van der Waals surface area contributed by atoms with E-state index in [0.29, 0.717) is 19.3 Å². The van der Waals surface area contributed by atoms with Gasteiger partial charge in [-0.3, -0.25) is 14.6 Å². The molecule has 20 heavy (non-hydrogen) atoms. The molecule has 0 radical (unpaired) electrons. The van der Waals surface area contributed by atoms with Crippen molar-refractivity contribution in [1.82, 2.24) is 5.32 Å². The van der Waals surface area contributed by atoms with Crippen LogP contribution in [0, 0.1) is 0 Å². The Morgan fingerprint density at radius 1 is 1.25 bits per heavy atom. The van der Waals surface area contributed by atoms with Gasteiger partial charge in [-0.2, -0.15) is 0 Å². The van der Waals surface area contributed by atoms with Crippen molar-refractivity contribution in [3.8, 4) is 0 Å². The van der Waals surface area contributed by atoms with E-state index in [-0.39, 0.29) is 25.2 Å². The number of carbonyl (C=O) groups is 3. The molecule has 0 spiro atoms. The number of carboxylic acids is 2. The van der Waals surface area contributed by atoms with Crippen LogP contribution >= 0.6 is 0 Å². The summed E-state index contributed by atoms with van der Waals surface area (Å²) in [5.74, 6) is -2.36. The Bertz CT molecular complexity index is 442. The summed E-state index contributed by atoms with van der Waals surface area (Å²) < 4.78 is 0. The van der Waals surface area contributed by atoms with Crippen LogP contribution in [0.4, 0.5) is 0 Å². The number of carbonyl (C=O) groups excluding carboxylic acids is 1. The van der Waals surface area contributed by atoms with Crippen molar-refractivity contribution < 1.29 is 24.6 Å². The number of carboxylic acid groups (broad SMARTS) is 2. The number of unbranched alkanes of at least 4 members (excludes halogenated alkanes) is 1. The summed E-state index contributed by atoms with van der Waals surface area (Å²) in [4.78, 5) is 36.9. The zero-order chi connectivity index (χ0) is 15.0. The van der Waals surface area contributed by atoms with Crippen molar-refractivity contribution >= 4 is 24.1 Å². The molecule has 1 unspecified atom stereocenters. The molecule has 1 amide bonds. The summed E-state index contributed by atoms with van der Waals surface area (Å²) in [5, 5.41) is 20.0. The first-order valence-corrected chi connectivity index (χ1v) is 6.42. The molecule has 0 fully saturated rings. The first-order chi connectivity index (χ1) is 9.49. The van der Waals surface area contributed by atoms with Crippen LogP contribution in [0.3, 0.4) is 0 Å². The van der Waals surface area contributed by atoms with Crippen molar-refractivity contribution in [1.29, 1.82) is 0 Å². The predicted octanol–water partition coefficient (Wildman–Crippen LogP) is 0.949. The Balaban J connectivity index is 2.31. The number of aliphatic carboxylic acids is 2. The molecule has 7 heteroatoms. The van der Waals surface area contributed by atoms with E-state index in [2.05, 4.69) is 10.3 Å². The normalized spacial score (nSPS) is 14.7. The van der Waals surface area contributed by atoms with E-state index in [4.69, 9.17) is 10.2 Å². The van der Waals surface area contributed by atoms with Gasteiger partial charge in [0.05, 0.1) is 0 Å². The molecule has 0 bridgehead atoms. The summed E-state index contributed by atoms with van der Waals surface area (Å²) in [6, 6.07) is -0.963. The van der Waals surface area contributed by atoms with Gasteiger partial charge >= 0.3 is 11.9 Å². The van der Waals surface area contributed by atoms with E-state index in [1.54, 1.807) is 12.4 Å². The Morgan fingerprint density at radius 2 is 1.95 bits per heavy atom. The highest BCUT2D eigenvalue weighted by molar-refractivity contribution is 5.84. The highest BCUT2D eigenvalue weighted by Gasteiger charge is 2.21. The van der Waals surface area contributed by atoms with Crippen LogP contribution in [0.15, 0.2) is 16.8 Å². The molecular weight excluding hydrogens is 264 g/mol. The second-order valence-corrected chi connectivity index (χ2v) is 4.59. The number of hydrogen-bond acceptors (Lipinski definition) is 4. The maximum atomic E-state index is 11.6. The summed E-state index contributed by atoms with van der Waals surface area (Å²) in [6.07, 6.45) is 5.10. The fraction of sp³-hybridized carbons (Fsp3) is 0.538. The molecule has 0 aromatic rings. The average molecular weight is 282 g/mol. The van der Waals surface area contributed by atoms with Gasteiger partial charge in [0.15, 0.2) is 0 Å². The molecule has 1 rings (SSSR count). The second kappa shape index (κ2) is 8.08. The Kier molecular flexibility index (Phi) is 6.42. The maximum Gasteiger partial charge on any atom is 0.326 e. The minimum atomic E-state index is -1.09. The highest BCUT2D eigenvalue weighted by Crippen LogP contribution is 2.14. The van der Waals surface area contributed by atoms with Crippen LogP contribution in [0.25, 0.3) is 0 Å². The number of hydrogen-bond donors (Lipinski definition) is 3. The van der Waals surface area contributed by atoms with Crippen LogP contribution in [-0.2, 0) is 14.4 Å². The van der Waals surface area contributed by atoms with Crippen molar-refractivity contribution in [2.45, 2.75) is 44.6 Å². The molecule has 1 heterocycles. The van der Waals surface area contributed by atoms with Gasteiger partial charge in [-0.15, -0.1) is 0 Å². The molecule has 7 nitrogen and oxygen atoms in total. The van der Waals surface area contributed by atoms with Crippen molar-refractivity contribution in [2.24, 2.45) is 4.99 Å². The van der Waals surface area contributed by atoms with E-state index in [1.165, 1.54) is 0 Å². The molecule has 1 atom stereocenters. The molecule has 0 aliphatic carbocycles. The van der Waals surface area contributed by atoms with Gasteiger partial charge in [-0.05, 0) is 18.4 Å². The standard InChI is InChI=1S/C13H18N2O5/c16-11(3-1-2-4-12(17)18)15-10(13(19)20)7-9-5-6-14-8-9/h6,8,10H,1-5,7H2,(H,15,16)(H,17,18)(H,19,20). The lowest BCUT2D eigenvalue weighted by molar-refractivity contribution is -0.141. The third-order valence-electron chi connectivity index (χ3n) is 2.86. The van der Waals surface area contributed by atoms with Crippen LogP contribution in [0.1, 0.15) is 38.5 Å². The lowest BCUT2D eigenvalue weighted by atomic mass is 10.1. The quantitative estimate of drug-likeness (QED) is 0.544. The minimum Gasteiger partial charge on any atom is -0.481 e. The molecule has 110 valence electrons. The zero-order valence-corrected chi connectivity index (χ0v) is 11.0. The van der Waals surface area contributed by atoms with E-state index >= 15 is 0 Å². The van der Waals surface area contributed by atoms with E-state index < -0.39 is 18.0 Å². The first-order valence-electron chi connectivity index (χ1n) is 6.42. The molecular formula is C13H18N2O5. The van der Waals surface area contributed by atoms with E-state index in [0.717, 1.165) is 5.57 Å². The van der Waals surface area contributed by atoms with Crippen LogP contribution in [-0.4, -0.2) is 40.3 Å². The Morgan fingerprint density at radius 3 is 2.50 bits per heavy atom. The molecule has 3 N–H and O–H groups in total. The summed E-state index contributed by atoms with van der Waals surface area (Å²) in [6.45, 7) is 0. The predicted molar refractivity (Wildman–Crippen MR) is 71.5 cm³/mol. The largest absolute Gasteiger partial charge is 0.481 e. The van der Waals surface area contributed by atoms with Gasteiger partial charge in [0.2, 0.25) is 5.91 Å². The summed E-state index contributed by atoms with van der Waals surface area (Å²) in [7, 11) is 0. The third kappa shape index (κ3) is 6.12. The van der Waals surface area contributed by atoms with E-state index in [1.807, 2.05) is 0 Å². The average Bonchev–Trinajstić information content (AvgIpc) is 2.86. The van der Waals surface area contributed by atoms with Crippen molar-refractivity contribution in [3.63, 3.8) is 0 Å². The molecule has 0 aromatic carbocycles. The lowest BCUT2D eigenvalue weighted by Gasteiger charge is -2.14. The SMILES string of the molecule is O=C(O)CCCCC(=O)NC(CC1=CN=CC1)C(=O)O. The Hall–Kier alpha value is -2.18.